The average Bonchev–Trinajstić information content (AvgIpc) is 2.65. The van der Waals surface area contributed by atoms with Gasteiger partial charge in [0.15, 0.2) is 0 Å². The van der Waals surface area contributed by atoms with Crippen molar-refractivity contribution in [3.63, 3.8) is 0 Å². The normalized spacial score (nSPS) is 12.9. The van der Waals surface area contributed by atoms with Gasteiger partial charge in [0.2, 0.25) is 0 Å². The predicted octanol–water partition coefficient (Wildman–Crippen LogP) is 2.95. The zero-order valence-corrected chi connectivity index (χ0v) is 15.7. The van der Waals surface area contributed by atoms with E-state index < -0.39 is 5.91 Å². The second kappa shape index (κ2) is 8.50. The minimum Gasteiger partial charge on any atom is -0.396 e. The van der Waals surface area contributed by atoms with Crippen molar-refractivity contribution >= 4 is 27.9 Å². The number of fused-ring (bicyclic) bond motifs is 1. The van der Waals surface area contributed by atoms with Crippen LogP contribution >= 0.6 is 0 Å². The quantitative estimate of drug-likeness (QED) is 0.620. The van der Waals surface area contributed by atoms with Crippen molar-refractivity contribution in [2.24, 2.45) is 5.92 Å². The minimum atomic E-state index is -0.409. The number of aliphatic hydroxyl groups is 1. The molecule has 2 rings (SSSR count). The van der Waals surface area contributed by atoms with Crippen molar-refractivity contribution in [3.8, 4) is 6.07 Å². The first-order chi connectivity index (χ1) is 12.4. The van der Waals surface area contributed by atoms with Crippen LogP contribution in [0.4, 0.5) is 5.69 Å². The Morgan fingerprint density at radius 3 is 2.50 bits per heavy atom. The molecule has 136 valence electrons. The largest absolute Gasteiger partial charge is 0.396 e. The fourth-order valence-corrected chi connectivity index (χ4v) is 2.61. The van der Waals surface area contributed by atoms with Crippen LogP contribution in [0.2, 0.25) is 0 Å². The fourth-order valence-electron chi connectivity index (χ4n) is 2.61. The summed E-state index contributed by atoms with van der Waals surface area (Å²) in [5.41, 5.74) is 2.70. The van der Waals surface area contributed by atoms with Crippen molar-refractivity contribution in [1.82, 2.24) is 5.32 Å². The van der Waals surface area contributed by atoms with Gasteiger partial charge in [-0.15, -0.1) is 0 Å². The predicted molar refractivity (Wildman–Crippen MR) is 106 cm³/mol. The number of amides is 1. The first kappa shape index (κ1) is 19.5. The summed E-state index contributed by atoms with van der Waals surface area (Å²) in [6.45, 7) is 3.93. The van der Waals surface area contributed by atoms with Gasteiger partial charge < -0.3 is 15.3 Å². The molecule has 0 aromatic heterocycles. The van der Waals surface area contributed by atoms with Crippen molar-refractivity contribution in [3.05, 3.63) is 47.5 Å². The number of nitrogens with zero attached hydrogens (tertiary/aromatic N) is 2. The van der Waals surface area contributed by atoms with Crippen molar-refractivity contribution in [2.75, 3.05) is 32.1 Å². The first-order valence-electron chi connectivity index (χ1n) is 8.59. The molecule has 26 heavy (non-hydrogen) atoms. The molecule has 0 spiro atoms. The molecule has 5 nitrogen and oxygen atoms in total. The summed E-state index contributed by atoms with van der Waals surface area (Å²) in [5.74, 6) is -0.459. The third kappa shape index (κ3) is 4.41. The van der Waals surface area contributed by atoms with Gasteiger partial charge in [-0.2, -0.15) is 5.26 Å². The topological polar surface area (TPSA) is 76.4 Å². The molecule has 2 N–H and O–H groups in total. The van der Waals surface area contributed by atoms with Crippen LogP contribution in [0.1, 0.15) is 19.4 Å². The van der Waals surface area contributed by atoms with Gasteiger partial charge in [-0.25, -0.2) is 0 Å². The number of rotatable bonds is 6. The highest BCUT2D eigenvalue weighted by atomic mass is 16.3. The summed E-state index contributed by atoms with van der Waals surface area (Å²) < 4.78 is 0. The molecule has 2 aromatic carbocycles. The summed E-state index contributed by atoms with van der Waals surface area (Å²) in [4.78, 5) is 14.4. The Bertz CT molecular complexity index is 878. The van der Waals surface area contributed by atoms with Crippen LogP contribution in [0.5, 0.6) is 0 Å². The average molecular weight is 351 g/mol. The van der Waals surface area contributed by atoms with E-state index in [1.807, 2.05) is 62.3 Å². The van der Waals surface area contributed by atoms with Gasteiger partial charge in [0, 0.05) is 32.9 Å². The molecule has 0 aliphatic heterocycles. The van der Waals surface area contributed by atoms with Gasteiger partial charge in [0.05, 0.1) is 0 Å². The molecule has 0 fully saturated rings. The summed E-state index contributed by atoms with van der Waals surface area (Å²) in [7, 11) is 4.00. The Hall–Kier alpha value is -2.84. The van der Waals surface area contributed by atoms with E-state index in [2.05, 4.69) is 11.4 Å². The fraction of sp³-hybridized carbons (Fsp3) is 0.333. The van der Waals surface area contributed by atoms with Gasteiger partial charge in [-0.05, 0) is 52.9 Å². The Labute approximate surface area is 154 Å². The van der Waals surface area contributed by atoms with E-state index >= 15 is 0 Å². The lowest BCUT2D eigenvalue weighted by Crippen LogP contribution is -2.30. The summed E-state index contributed by atoms with van der Waals surface area (Å²) in [6.07, 6.45) is 0. The molecule has 5 heteroatoms. The molecule has 1 unspecified atom stereocenters. The van der Waals surface area contributed by atoms with E-state index in [1.54, 1.807) is 6.92 Å². The molecular formula is C21H25N3O2. The van der Waals surface area contributed by atoms with Crippen LogP contribution in [0.3, 0.4) is 0 Å². The first-order valence-corrected chi connectivity index (χ1v) is 8.59. The number of nitrogens with one attached hydrogen (secondary N) is 1. The molecule has 0 radical (unpaired) electrons. The monoisotopic (exact) mass is 351 g/mol. The number of aliphatic hydroxyl groups excluding tert-OH is 1. The van der Waals surface area contributed by atoms with Crippen LogP contribution < -0.4 is 10.2 Å². The molecule has 1 amide bonds. The molecule has 0 saturated carbocycles. The number of benzene rings is 2. The van der Waals surface area contributed by atoms with E-state index in [-0.39, 0.29) is 18.1 Å². The summed E-state index contributed by atoms with van der Waals surface area (Å²) >= 11 is 0. The second-order valence-corrected chi connectivity index (χ2v) is 6.75. The number of hydrogen-bond acceptors (Lipinski definition) is 4. The zero-order chi connectivity index (χ0) is 19.3. The smallest absolute Gasteiger partial charge is 0.262 e. The zero-order valence-electron chi connectivity index (χ0n) is 15.7. The lowest BCUT2D eigenvalue weighted by atomic mass is 9.98. The molecule has 0 heterocycles. The van der Waals surface area contributed by atoms with Gasteiger partial charge in [-0.3, -0.25) is 4.79 Å². The van der Waals surface area contributed by atoms with Gasteiger partial charge in [0.1, 0.15) is 11.6 Å². The lowest BCUT2D eigenvalue weighted by Gasteiger charge is -2.14. The molecule has 2 aromatic rings. The molecule has 0 saturated heterocycles. The van der Waals surface area contributed by atoms with Crippen LogP contribution in [0.15, 0.2) is 42.0 Å². The number of allylic oxidation sites excluding steroid dienone is 1. The standard InChI is InChI=1S/C21H25N3O2/c1-14(13-25)12-23-21(26)20(11-22)15(2)16-5-6-18-10-19(24(3)4)8-7-17(18)9-16/h5-10,14,25H,12-13H2,1-4H3,(H,23,26)/b20-15+. The van der Waals surface area contributed by atoms with Gasteiger partial charge >= 0.3 is 0 Å². The van der Waals surface area contributed by atoms with Gasteiger partial charge in [0.25, 0.3) is 5.91 Å². The Balaban J connectivity index is 2.34. The van der Waals surface area contributed by atoms with Crippen LogP contribution in [0, 0.1) is 17.2 Å². The van der Waals surface area contributed by atoms with Crippen LogP contribution in [-0.4, -0.2) is 38.3 Å². The molecule has 0 aliphatic carbocycles. The Morgan fingerprint density at radius 2 is 1.88 bits per heavy atom. The maximum absolute atomic E-state index is 12.3. The minimum absolute atomic E-state index is 0.00945. The second-order valence-electron chi connectivity index (χ2n) is 6.75. The van der Waals surface area contributed by atoms with Crippen molar-refractivity contribution in [1.29, 1.82) is 5.26 Å². The third-order valence-corrected chi connectivity index (χ3v) is 4.41. The highest BCUT2D eigenvalue weighted by Gasteiger charge is 2.15. The number of carbonyl (C=O) groups is 1. The molecule has 0 bridgehead atoms. The summed E-state index contributed by atoms with van der Waals surface area (Å²) in [5, 5.41) is 23.4. The van der Waals surface area contributed by atoms with Gasteiger partial charge in [-0.1, -0.05) is 25.1 Å². The number of anilines is 1. The number of nitriles is 1. The maximum Gasteiger partial charge on any atom is 0.262 e. The van der Waals surface area contributed by atoms with Crippen LogP contribution in [0.25, 0.3) is 16.3 Å². The Morgan fingerprint density at radius 1 is 1.23 bits per heavy atom. The van der Waals surface area contributed by atoms with Crippen molar-refractivity contribution in [2.45, 2.75) is 13.8 Å². The van der Waals surface area contributed by atoms with E-state index in [0.717, 1.165) is 22.0 Å². The lowest BCUT2D eigenvalue weighted by molar-refractivity contribution is -0.117. The maximum atomic E-state index is 12.3. The molecular weight excluding hydrogens is 326 g/mol. The van der Waals surface area contributed by atoms with E-state index in [1.165, 1.54) is 0 Å². The van der Waals surface area contributed by atoms with E-state index in [9.17, 15) is 10.1 Å². The third-order valence-electron chi connectivity index (χ3n) is 4.41. The SMILES string of the molecule is C/C(=C(/C#N)C(=O)NCC(C)CO)c1ccc2cc(N(C)C)ccc2c1. The molecule has 1 atom stereocenters. The van der Waals surface area contributed by atoms with Crippen molar-refractivity contribution < 1.29 is 9.90 Å². The number of hydrogen-bond donors (Lipinski definition) is 2. The highest BCUT2D eigenvalue weighted by molar-refractivity contribution is 6.05. The van der Waals surface area contributed by atoms with E-state index in [0.29, 0.717) is 12.1 Å². The Kier molecular flexibility index (Phi) is 6.37. The molecule has 0 aliphatic rings. The number of carbonyl (C=O) groups excluding carboxylic acids is 1. The van der Waals surface area contributed by atoms with E-state index in [4.69, 9.17) is 5.11 Å². The summed E-state index contributed by atoms with van der Waals surface area (Å²) in [6, 6.07) is 14.1. The van der Waals surface area contributed by atoms with Crippen LogP contribution in [-0.2, 0) is 4.79 Å². The highest BCUT2D eigenvalue weighted by Crippen LogP contribution is 2.26.